The molecule has 0 aliphatic rings. The number of hydrogen-bond acceptors (Lipinski definition) is 2. The zero-order chi connectivity index (χ0) is 19.4. The second-order valence-electron chi connectivity index (χ2n) is 5.90. The van der Waals surface area contributed by atoms with Gasteiger partial charge in [-0.25, -0.2) is 8.78 Å². The Balaban J connectivity index is 2.82. The van der Waals surface area contributed by atoms with Crippen molar-refractivity contribution in [3.8, 4) is 0 Å². The minimum atomic E-state index is -0.926. The number of unbranched alkanes of at least 4 members (excludes halogenated alkanes) is 2. The van der Waals surface area contributed by atoms with Crippen molar-refractivity contribution in [3.63, 3.8) is 0 Å². The van der Waals surface area contributed by atoms with E-state index in [2.05, 4.69) is 17.6 Å². The van der Waals surface area contributed by atoms with Crippen molar-refractivity contribution in [3.05, 3.63) is 59.7 Å². The van der Waals surface area contributed by atoms with Crippen LogP contribution in [0.3, 0.4) is 0 Å². The molecule has 0 saturated carbocycles. The summed E-state index contributed by atoms with van der Waals surface area (Å²) in [5.74, 6) is -2.27. The van der Waals surface area contributed by atoms with Crippen molar-refractivity contribution in [2.24, 2.45) is 0 Å². The van der Waals surface area contributed by atoms with Crippen LogP contribution in [-0.2, 0) is 16.0 Å². The Hall–Kier alpha value is -2.50. The largest absolute Gasteiger partial charge is 0.351 e. The fourth-order valence-corrected chi connectivity index (χ4v) is 2.31. The van der Waals surface area contributed by atoms with Gasteiger partial charge in [-0.1, -0.05) is 38.0 Å². The molecule has 0 bridgehead atoms. The number of hydrogen-bond donors (Lipinski definition) is 2. The van der Waals surface area contributed by atoms with Crippen molar-refractivity contribution in [2.45, 2.75) is 45.6 Å². The summed E-state index contributed by atoms with van der Waals surface area (Å²) in [6.07, 6.45) is 9.42. The normalized spacial score (nSPS) is 12.5. The number of halogens is 2. The van der Waals surface area contributed by atoms with Gasteiger partial charge in [0.1, 0.15) is 17.7 Å². The zero-order valence-electron chi connectivity index (χ0n) is 15.2. The number of carbonyl (C=O) groups excluding carboxylic acids is 2. The van der Waals surface area contributed by atoms with Gasteiger partial charge in [0, 0.05) is 19.0 Å². The maximum atomic E-state index is 13.4. The molecular weight excluding hydrogens is 338 g/mol. The molecule has 26 heavy (non-hydrogen) atoms. The lowest BCUT2D eigenvalue weighted by Crippen LogP contribution is -2.47. The van der Waals surface area contributed by atoms with Gasteiger partial charge in [0.05, 0.1) is 0 Å². The molecule has 1 atom stereocenters. The second-order valence-corrected chi connectivity index (χ2v) is 5.90. The molecule has 0 spiro atoms. The Morgan fingerprint density at radius 2 is 1.85 bits per heavy atom. The van der Waals surface area contributed by atoms with Gasteiger partial charge in [0.2, 0.25) is 11.8 Å². The van der Waals surface area contributed by atoms with Crippen LogP contribution in [-0.4, -0.2) is 24.4 Å². The van der Waals surface area contributed by atoms with E-state index in [0.29, 0.717) is 12.1 Å². The molecule has 1 aromatic carbocycles. The maximum Gasteiger partial charge on any atom is 0.244 e. The molecule has 0 saturated heterocycles. The van der Waals surface area contributed by atoms with Crippen molar-refractivity contribution >= 4 is 11.8 Å². The quantitative estimate of drug-likeness (QED) is 0.380. The van der Waals surface area contributed by atoms with Crippen molar-refractivity contribution in [1.82, 2.24) is 10.6 Å². The highest BCUT2D eigenvalue weighted by Crippen LogP contribution is 2.10. The molecule has 0 heterocycles. The van der Waals surface area contributed by atoms with Crippen molar-refractivity contribution in [2.75, 3.05) is 6.54 Å². The second kappa shape index (κ2) is 12.0. The zero-order valence-corrected chi connectivity index (χ0v) is 15.2. The molecule has 0 fully saturated rings. The van der Waals surface area contributed by atoms with Crippen LogP contribution in [0.2, 0.25) is 0 Å². The first-order valence-corrected chi connectivity index (χ1v) is 8.77. The molecule has 1 rings (SSSR count). The van der Waals surface area contributed by atoms with Crippen LogP contribution in [0, 0.1) is 11.6 Å². The van der Waals surface area contributed by atoms with Crippen LogP contribution in [0.5, 0.6) is 0 Å². The van der Waals surface area contributed by atoms with E-state index in [-0.39, 0.29) is 6.42 Å². The van der Waals surface area contributed by atoms with E-state index in [0.717, 1.165) is 37.5 Å². The van der Waals surface area contributed by atoms with Gasteiger partial charge >= 0.3 is 0 Å². The first-order valence-electron chi connectivity index (χ1n) is 8.77. The summed E-state index contributed by atoms with van der Waals surface area (Å²) in [5, 5.41) is 5.26. The van der Waals surface area contributed by atoms with Crippen LogP contribution in [0.1, 0.15) is 38.7 Å². The van der Waals surface area contributed by atoms with Crippen molar-refractivity contribution in [1.29, 1.82) is 0 Å². The fourth-order valence-electron chi connectivity index (χ4n) is 2.31. The van der Waals surface area contributed by atoms with E-state index < -0.39 is 29.5 Å². The lowest BCUT2D eigenvalue weighted by molar-refractivity contribution is -0.126. The van der Waals surface area contributed by atoms with Gasteiger partial charge in [-0.2, -0.15) is 0 Å². The van der Waals surface area contributed by atoms with Crippen molar-refractivity contribution < 1.29 is 18.4 Å². The van der Waals surface area contributed by atoms with Crippen LogP contribution >= 0.6 is 0 Å². The molecule has 0 aliphatic heterocycles. The molecule has 2 N–H and O–H groups in total. The highest BCUT2D eigenvalue weighted by Gasteiger charge is 2.20. The molecule has 4 nitrogen and oxygen atoms in total. The summed E-state index contributed by atoms with van der Waals surface area (Å²) >= 11 is 0. The minimum absolute atomic E-state index is 0.00904. The summed E-state index contributed by atoms with van der Waals surface area (Å²) in [6.45, 7) is 4.19. The lowest BCUT2D eigenvalue weighted by Gasteiger charge is -2.17. The van der Waals surface area contributed by atoms with E-state index in [1.165, 1.54) is 6.08 Å². The molecule has 6 heteroatoms. The van der Waals surface area contributed by atoms with E-state index >= 15 is 0 Å². The summed E-state index contributed by atoms with van der Waals surface area (Å²) in [7, 11) is 0. The number of benzene rings is 1. The smallest absolute Gasteiger partial charge is 0.244 e. The number of carbonyl (C=O) groups is 2. The van der Waals surface area contributed by atoms with Crippen LogP contribution in [0.15, 0.2) is 42.5 Å². The Labute approximate surface area is 153 Å². The molecule has 0 unspecified atom stereocenters. The fraction of sp³-hybridized carbons (Fsp3) is 0.400. The first kappa shape index (κ1) is 21.5. The van der Waals surface area contributed by atoms with Crippen LogP contribution < -0.4 is 10.6 Å². The Kier molecular flexibility index (Phi) is 9.90. The predicted octanol–water partition coefficient (Wildman–Crippen LogP) is 3.43. The molecule has 1 aromatic rings. The third-order valence-electron chi connectivity index (χ3n) is 3.62. The topological polar surface area (TPSA) is 58.2 Å². The average Bonchev–Trinajstić information content (AvgIpc) is 2.57. The maximum absolute atomic E-state index is 13.4. The Morgan fingerprint density at radius 1 is 1.15 bits per heavy atom. The van der Waals surface area contributed by atoms with Gasteiger partial charge in [0.15, 0.2) is 0 Å². The highest BCUT2D eigenvalue weighted by atomic mass is 19.1. The average molecular weight is 364 g/mol. The van der Waals surface area contributed by atoms with E-state index in [1.807, 2.05) is 6.92 Å². The number of amides is 2. The van der Waals surface area contributed by atoms with E-state index in [4.69, 9.17) is 0 Å². The third kappa shape index (κ3) is 8.55. The number of allylic oxidation sites excluding steroid dienone is 2. The van der Waals surface area contributed by atoms with Crippen LogP contribution in [0.4, 0.5) is 8.78 Å². The van der Waals surface area contributed by atoms with Gasteiger partial charge < -0.3 is 10.6 Å². The predicted molar refractivity (Wildman–Crippen MR) is 98.5 cm³/mol. The summed E-state index contributed by atoms with van der Waals surface area (Å²) in [5.41, 5.74) is 0.295. The number of nitrogens with one attached hydrogen (secondary N) is 2. The third-order valence-corrected chi connectivity index (χ3v) is 3.62. The van der Waals surface area contributed by atoms with Gasteiger partial charge in [-0.3, -0.25) is 9.59 Å². The van der Waals surface area contributed by atoms with Crippen LogP contribution in [0.25, 0.3) is 0 Å². The molecule has 0 aliphatic carbocycles. The SMILES string of the molecule is C/C=C/CNC(=O)[C@H](Cc1cc(F)cc(F)c1)NC(=O)/C=C/CCCC. The van der Waals surface area contributed by atoms with E-state index in [1.54, 1.807) is 18.2 Å². The molecular formula is C20H26F2N2O2. The Morgan fingerprint density at radius 3 is 2.46 bits per heavy atom. The number of rotatable bonds is 10. The standard InChI is InChI=1S/C20H26F2N2O2/c1-3-5-7-8-9-19(25)24-18(20(26)23-10-6-4-2)13-15-11-16(21)14-17(22)12-15/h4,6,8-9,11-12,14,18H,3,5,7,10,13H2,1-2H3,(H,23,26)(H,24,25)/b6-4+,9-8+/t18-/m0/s1. The molecule has 0 radical (unpaired) electrons. The molecule has 0 aromatic heterocycles. The summed E-state index contributed by atoms with van der Waals surface area (Å²) < 4.78 is 26.8. The summed E-state index contributed by atoms with van der Waals surface area (Å²) in [6, 6.07) is 2.14. The lowest BCUT2D eigenvalue weighted by atomic mass is 10.0. The highest BCUT2D eigenvalue weighted by molar-refractivity contribution is 5.93. The Bertz CT molecular complexity index is 637. The summed E-state index contributed by atoms with van der Waals surface area (Å²) in [4.78, 5) is 24.4. The monoisotopic (exact) mass is 364 g/mol. The first-order chi connectivity index (χ1) is 12.5. The van der Waals surface area contributed by atoms with Gasteiger partial charge in [-0.05, 0) is 37.1 Å². The van der Waals surface area contributed by atoms with Gasteiger partial charge in [0.25, 0.3) is 0 Å². The van der Waals surface area contributed by atoms with Gasteiger partial charge in [-0.15, -0.1) is 0 Å². The molecule has 142 valence electrons. The molecule has 2 amide bonds. The van der Waals surface area contributed by atoms with E-state index in [9.17, 15) is 18.4 Å². The minimum Gasteiger partial charge on any atom is -0.351 e.